The van der Waals surface area contributed by atoms with Gasteiger partial charge in [0.1, 0.15) is 6.04 Å². The Labute approximate surface area is 129 Å². The Morgan fingerprint density at radius 1 is 1.48 bits per heavy atom. The largest absolute Gasteiger partial charge is 0.472 e. The SMILES string of the molecule is CC(C)[C@H](C)NC(=O)[C@@H]1CSCN1C(=O)Cc1ccoc1. The highest BCUT2D eigenvalue weighted by atomic mass is 32.2. The maximum absolute atomic E-state index is 12.3. The van der Waals surface area contributed by atoms with Crippen LogP contribution in [0.4, 0.5) is 0 Å². The van der Waals surface area contributed by atoms with Crippen LogP contribution in [0.15, 0.2) is 23.0 Å². The van der Waals surface area contributed by atoms with Crippen LogP contribution in [0, 0.1) is 5.92 Å². The Morgan fingerprint density at radius 2 is 2.24 bits per heavy atom. The molecule has 0 aliphatic carbocycles. The van der Waals surface area contributed by atoms with Gasteiger partial charge in [0.05, 0.1) is 24.8 Å². The van der Waals surface area contributed by atoms with E-state index in [4.69, 9.17) is 4.42 Å². The summed E-state index contributed by atoms with van der Waals surface area (Å²) in [5.74, 6) is 1.53. The number of hydrogen-bond donors (Lipinski definition) is 1. The molecule has 0 saturated carbocycles. The molecule has 1 aliphatic rings. The summed E-state index contributed by atoms with van der Waals surface area (Å²) < 4.78 is 4.98. The van der Waals surface area contributed by atoms with Crippen LogP contribution in [0.1, 0.15) is 26.3 Å². The molecule has 0 bridgehead atoms. The number of hydrogen-bond acceptors (Lipinski definition) is 4. The fraction of sp³-hybridized carbons (Fsp3) is 0.600. The van der Waals surface area contributed by atoms with Gasteiger partial charge in [0.25, 0.3) is 0 Å². The average molecular weight is 310 g/mol. The summed E-state index contributed by atoms with van der Waals surface area (Å²) in [4.78, 5) is 26.3. The van der Waals surface area contributed by atoms with E-state index >= 15 is 0 Å². The molecule has 116 valence electrons. The lowest BCUT2D eigenvalue weighted by Gasteiger charge is -2.25. The quantitative estimate of drug-likeness (QED) is 0.902. The van der Waals surface area contributed by atoms with Gasteiger partial charge in [-0.3, -0.25) is 9.59 Å². The number of rotatable bonds is 5. The number of carbonyl (C=O) groups excluding carboxylic acids is 2. The topological polar surface area (TPSA) is 62.6 Å². The lowest BCUT2D eigenvalue weighted by Crippen LogP contribution is -2.50. The molecule has 2 atom stereocenters. The first kappa shape index (κ1) is 15.9. The molecule has 1 fully saturated rings. The third-order valence-corrected chi connectivity index (χ3v) is 4.82. The minimum atomic E-state index is -0.365. The van der Waals surface area contributed by atoms with Crippen molar-refractivity contribution in [2.75, 3.05) is 11.6 Å². The number of carbonyl (C=O) groups is 2. The summed E-state index contributed by atoms with van der Waals surface area (Å²) >= 11 is 1.62. The molecule has 5 nitrogen and oxygen atoms in total. The maximum atomic E-state index is 12.3. The van der Waals surface area contributed by atoms with Crippen molar-refractivity contribution in [3.63, 3.8) is 0 Å². The summed E-state index contributed by atoms with van der Waals surface area (Å²) in [5, 5.41) is 3.00. The number of furan rings is 1. The number of thioether (sulfide) groups is 1. The second-order valence-corrected chi connectivity index (χ2v) is 6.73. The maximum Gasteiger partial charge on any atom is 0.243 e. The molecule has 1 saturated heterocycles. The predicted molar refractivity (Wildman–Crippen MR) is 82.8 cm³/mol. The second-order valence-electron chi connectivity index (χ2n) is 5.73. The standard InChI is InChI=1S/C15H22N2O3S/c1-10(2)11(3)16-15(19)13-8-21-9-17(13)14(18)6-12-4-5-20-7-12/h4-5,7,10-11,13H,6,8-9H2,1-3H3,(H,16,19)/t11-,13-/m0/s1. The highest BCUT2D eigenvalue weighted by Gasteiger charge is 2.35. The van der Waals surface area contributed by atoms with Gasteiger partial charge >= 0.3 is 0 Å². The van der Waals surface area contributed by atoms with Crippen LogP contribution in [0.2, 0.25) is 0 Å². The van der Waals surface area contributed by atoms with Gasteiger partial charge in [-0.2, -0.15) is 0 Å². The Kier molecular flexibility index (Phi) is 5.33. The summed E-state index contributed by atoms with van der Waals surface area (Å²) in [6.07, 6.45) is 3.40. The molecule has 2 rings (SSSR count). The van der Waals surface area contributed by atoms with Gasteiger partial charge in [-0.25, -0.2) is 0 Å². The minimum Gasteiger partial charge on any atom is -0.472 e. The van der Waals surface area contributed by atoms with Gasteiger partial charge in [0.2, 0.25) is 11.8 Å². The van der Waals surface area contributed by atoms with E-state index in [9.17, 15) is 9.59 Å². The van der Waals surface area contributed by atoms with Crippen molar-refractivity contribution in [1.82, 2.24) is 10.2 Å². The summed E-state index contributed by atoms with van der Waals surface area (Å²) in [5.41, 5.74) is 0.839. The summed E-state index contributed by atoms with van der Waals surface area (Å²) in [6.45, 7) is 6.12. The second kappa shape index (κ2) is 7.02. The molecule has 0 unspecified atom stereocenters. The number of nitrogens with zero attached hydrogens (tertiary/aromatic N) is 1. The Hall–Kier alpha value is -1.43. The van der Waals surface area contributed by atoms with E-state index < -0.39 is 0 Å². The lowest BCUT2D eigenvalue weighted by atomic mass is 10.1. The van der Waals surface area contributed by atoms with Crippen molar-refractivity contribution in [3.05, 3.63) is 24.2 Å². The van der Waals surface area contributed by atoms with Gasteiger partial charge in [-0.1, -0.05) is 13.8 Å². The average Bonchev–Trinajstić information content (AvgIpc) is 3.08. The summed E-state index contributed by atoms with van der Waals surface area (Å²) in [6, 6.07) is 1.52. The molecule has 2 heterocycles. The van der Waals surface area contributed by atoms with Crippen molar-refractivity contribution in [2.24, 2.45) is 5.92 Å². The molecule has 2 amide bonds. The third kappa shape index (κ3) is 4.03. The molecule has 21 heavy (non-hydrogen) atoms. The first-order valence-corrected chi connectivity index (χ1v) is 8.33. The van der Waals surface area contributed by atoms with Crippen LogP contribution < -0.4 is 5.32 Å². The van der Waals surface area contributed by atoms with Gasteiger partial charge in [0, 0.05) is 11.8 Å². The first-order chi connectivity index (χ1) is 9.99. The number of nitrogens with one attached hydrogen (secondary N) is 1. The Balaban J connectivity index is 1.96. The van der Waals surface area contributed by atoms with Crippen LogP contribution in [0.3, 0.4) is 0 Å². The smallest absolute Gasteiger partial charge is 0.243 e. The van der Waals surface area contributed by atoms with Crippen molar-refractivity contribution < 1.29 is 14.0 Å². The molecular weight excluding hydrogens is 288 g/mol. The first-order valence-electron chi connectivity index (χ1n) is 7.17. The predicted octanol–water partition coefficient (Wildman–Crippen LogP) is 1.88. The molecule has 1 aliphatic heterocycles. The molecule has 0 spiro atoms. The van der Waals surface area contributed by atoms with Crippen LogP contribution >= 0.6 is 11.8 Å². The zero-order chi connectivity index (χ0) is 15.4. The zero-order valence-corrected chi connectivity index (χ0v) is 13.5. The van der Waals surface area contributed by atoms with E-state index in [1.807, 2.05) is 6.92 Å². The number of amides is 2. The lowest BCUT2D eigenvalue weighted by molar-refractivity contribution is -0.137. The van der Waals surface area contributed by atoms with Crippen LogP contribution in [-0.4, -0.2) is 40.4 Å². The molecule has 1 aromatic heterocycles. The summed E-state index contributed by atoms with van der Waals surface area (Å²) in [7, 11) is 0. The molecule has 0 radical (unpaired) electrons. The minimum absolute atomic E-state index is 0.0289. The monoisotopic (exact) mass is 310 g/mol. The fourth-order valence-electron chi connectivity index (χ4n) is 2.06. The molecule has 1 N–H and O–H groups in total. The van der Waals surface area contributed by atoms with Gasteiger partial charge in [0.15, 0.2) is 0 Å². The highest BCUT2D eigenvalue weighted by molar-refractivity contribution is 7.99. The Morgan fingerprint density at radius 3 is 2.86 bits per heavy atom. The van der Waals surface area contributed by atoms with E-state index in [0.29, 0.717) is 17.5 Å². The molecule has 1 aromatic rings. The third-order valence-electron chi connectivity index (χ3n) is 3.81. The highest BCUT2D eigenvalue weighted by Crippen LogP contribution is 2.22. The van der Waals surface area contributed by atoms with Crippen molar-refractivity contribution in [1.29, 1.82) is 0 Å². The van der Waals surface area contributed by atoms with E-state index in [2.05, 4.69) is 19.2 Å². The van der Waals surface area contributed by atoms with Gasteiger partial charge in [-0.15, -0.1) is 11.8 Å². The van der Waals surface area contributed by atoms with Crippen LogP contribution in [0.5, 0.6) is 0 Å². The zero-order valence-electron chi connectivity index (χ0n) is 12.7. The molecule has 0 aromatic carbocycles. The fourth-order valence-corrected chi connectivity index (χ4v) is 3.24. The van der Waals surface area contributed by atoms with Crippen molar-refractivity contribution in [3.8, 4) is 0 Å². The molecular formula is C15H22N2O3S. The van der Waals surface area contributed by atoms with Crippen LogP contribution in [-0.2, 0) is 16.0 Å². The molecule has 6 heteroatoms. The van der Waals surface area contributed by atoms with Crippen LogP contribution in [0.25, 0.3) is 0 Å². The van der Waals surface area contributed by atoms with Crippen molar-refractivity contribution in [2.45, 2.75) is 39.3 Å². The normalized spacial score (nSPS) is 19.8. The van der Waals surface area contributed by atoms with E-state index in [0.717, 1.165) is 5.56 Å². The Bertz CT molecular complexity index is 487. The van der Waals surface area contributed by atoms with Gasteiger partial charge in [-0.05, 0) is 24.5 Å². The van der Waals surface area contributed by atoms with E-state index in [-0.39, 0.29) is 30.3 Å². The van der Waals surface area contributed by atoms with Crippen molar-refractivity contribution >= 4 is 23.6 Å². The van der Waals surface area contributed by atoms with Gasteiger partial charge < -0.3 is 14.6 Å². The van der Waals surface area contributed by atoms with E-state index in [1.165, 1.54) is 0 Å². The van der Waals surface area contributed by atoms with E-state index in [1.54, 1.807) is 35.3 Å².